The molecule has 7 nitrogen and oxygen atoms in total. The van der Waals surface area contributed by atoms with Gasteiger partial charge in [-0.05, 0) is 47.7 Å². The maximum absolute atomic E-state index is 11.5. The van der Waals surface area contributed by atoms with E-state index in [0.29, 0.717) is 16.3 Å². The lowest BCUT2D eigenvalue weighted by Crippen LogP contribution is -2.31. The minimum absolute atomic E-state index is 0.0166. The van der Waals surface area contributed by atoms with Crippen LogP contribution in [-0.2, 0) is 0 Å². The van der Waals surface area contributed by atoms with E-state index in [2.05, 4.69) is 5.32 Å². The topological polar surface area (TPSA) is 98.3 Å². The molecule has 1 fully saturated rings. The molecular formula is C24H19Cl2N3O4S. The fraction of sp³-hybridized carbons (Fsp3) is 0.250. The van der Waals surface area contributed by atoms with E-state index >= 15 is 0 Å². The molecule has 0 spiro atoms. The van der Waals surface area contributed by atoms with Crippen LogP contribution in [-0.4, -0.2) is 20.5 Å². The summed E-state index contributed by atoms with van der Waals surface area (Å²) in [6, 6.07) is 19.0. The molecule has 0 radical (unpaired) electrons. The second kappa shape index (κ2) is 9.09. The van der Waals surface area contributed by atoms with Crippen LogP contribution in [0, 0.1) is 26.1 Å². The lowest BCUT2D eigenvalue weighted by Gasteiger charge is -2.38. The third-order valence-electron chi connectivity index (χ3n) is 6.58. The number of rotatable bonds is 5. The molecule has 3 aromatic carbocycles. The summed E-state index contributed by atoms with van der Waals surface area (Å²) in [6.07, 6.45) is 0.692. The van der Waals surface area contributed by atoms with Gasteiger partial charge in [-0.1, -0.05) is 35.9 Å². The highest BCUT2D eigenvalue weighted by atomic mass is 35.5. The number of thioether (sulfide) groups is 1. The Balaban J connectivity index is 1.55. The molecule has 0 amide bonds. The van der Waals surface area contributed by atoms with Gasteiger partial charge < -0.3 is 5.32 Å². The van der Waals surface area contributed by atoms with Gasteiger partial charge in [0.1, 0.15) is 0 Å². The first-order valence-electron chi connectivity index (χ1n) is 10.7. The molecule has 1 heterocycles. The molecule has 1 N–H and O–H groups in total. The van der Waals surface area contributed by atoms with Crippen LogP contribution in [0.1, 0.15) is 29.5 Å². The quantitative estimate of drug-likeness (QED) is 0.219. The normalized spacial score (nSPS) is 25.2. The molecule has 5 rings (SSSR count). The number of fused-ring (bicyclic) bond motifs is 3. The van der Waals surface area contributed by atoms with Crippen molar-refractivity contribution in [3.63, 3.8) is 0 Å². The SMILES string of the molecule is O=[N+]([O-])c1ccc2c(c1)[C@@H]1[C@H](Cl)[C@H](Sc3ccccc3[N+](=O)[O-])C[C@@H]1[C@@H](c1ccc(Cl)cc1)N2. The Bertz CT molecular complexity index is 1270. The monoisotopic (exact) mass is 515 g/mol. The van der Waals surface area contributed by atoms with Crippen molar-refractivity contribution in [3.05, 3.63) is 103 Å². The van der Waals surface area contributed by atoms with Crippen molar-refractivity contribution < 1.29 is 9.85 Å². The highest BCUT2D eigenvalue weighted by Gasteiger charge is 2.50. The molecular weight excluding hydrogens is 497 g/mol. The van der Waals surface area contributed by atoms with Crippen molar-refractivity contribution in [1.29, 1.82) is 0 Å². The predicted octanol–water partition coefficient (Wildman–Crippen LogP) is 7.20. The van der Waals surface area contributed by atoms with Gasteiger partial charge in [-0.15, -0.1) is 23.4 Å². The van der Waals surface area contributed by atoms with Crippen molar-refractivity contribution in [3.8, 4) is 0 Å². The number of hydrogen-bond donors (Lipinski definition) is 1. The van der Waals surface area contributed by atoms with Crippen molar-refractivity contribution in [2.24, 2.45) is 5.92 Å². The molecule has 2 aliphatic rings. The van der Waals surface area contributed by atoms with E-state index in [-0.39, 0.29) is 44.8 Å². The molecule has 10 heteroatoms. The molecule has 0 saturated heterocycles. The summed E-state index contributed by atoms with van der Waals surface area (Å²) in [4.78, 5) is 22.8. The van der Waals surface area contributed by atoms with Crippen LogP contribution in [0.3, 0.4) is 0 Å². The van der Waals surface area contributed by atoms with Crippen LogP contribution in [0.25, 0.3) is 0 Å². The summed E-state index contributed by atoms with van der Waals surface area (Å²) in [6.45, 7) is 0. The molecule has 34 heavy (non-hydrogen) atoms. The number of nitro groups is 2. The molecule has 3 aromatic rings. The Morgan fingerprint density at radius 2 is 1.71 bits per heavy atom. The van der Waals surface area contributed by atoms with Crippen molar-refractivity contribution >= 4 is 52.0 Å². The first-order valence-corrected chi connectivity index (χ1v) is 12.4. The Labute approximate surface area is 209 Å². The van der Waals surface area contributed by atoms with Gasteiger partial charge in [0.05, 0.1) is 26.2 Å². The zero-order valence-electron chi connectivity index (χ0n) is 17.6. The van der Waals surface area contributed by atoms with E-state index in [9.17, 15) is 20.2 Å². The zero-order valence-corrected chi connectivity index (χ0v) is 20.0. The Kier molecular flexibility index (Phi) is 6.14. The molecule has 1 aliphatic carbocycles. The predicted molar refractivity (Wildman–Crippen MR) is 134 cm³/mol. The van der Waals surface area contributed by atoms with E-state index < -0.39 is 4.92 Å². The number of nitro benzene ring substituents is 2. The molecule has 1 aliphatic heterocycles. The van der Waals surface area contributed by atoms with Crippen LogP contribution in [0.2, 0.25) is 5.02 Å². The van der Waals surface area contributed by atoms with Crippen molar-refractivity contribution in [2.75, 3.05) is 5.32 Å². The van der Waals surface area contributed by atoms with Gasteiger partial charge in [-0.2, -0.15) is 0 Å². The minimum atomic E-state index is -0.404. The molecule has 5 atom stereocenters. The first-order chi connectivity index (χ1) is 16.3. The Hall–Kier alpha value is -2.81. The molecule has 0 bridgehead atoms. The summed E-state index contributed by atoms with van der Waals surface area (Å²) < 4.78 is 0. The van der Waals surface area contributed by atoms with E-state index in [0.717, 1.165) is 16.8 Å². The van der Waals surface area contributed by atoms with Crippen LogP contribution in [0.4, 0.5) is 17.1 Å². The number of non-ortho nitro benzene ring substituents is 1. The number of para-hydroxylation sites is 1. The number of anilines is 1. The fourth-order valence-corrected chi connectivity index (χ4v) is 7.16. The van der Waals surface area contributed by atoms with Crippen LogP contribution in [0.5, 0.6) is 0 Å². The third kappa shape index (κ3) is 4.10. The van der Waals surface area contributed by atoms with Gasteiger partial charge >= 0.3 is 0 Å². The largest absolute Gasteiger partial charge is 0.378 e. The standard InChI is InChI=1S/C24H19Cl2N3O4S/c25-14-7-5-13(6-8-14)24-17-12-21(34-20-4-2-1-3-19(20)29(32)33)23(26)22(17)16-11-15(28(30)31)9-10-18(16)27-24/h1-11,17,21-24,27H,12H2/t17-,21+,22-,23+,24+/m0/s1. The van der Waals surface area contributed by atoms with Gasteiger partial charge in [0.2, 0.25) is 0 Å². The van der Waals surface area contributed by atoms with Gasteiger partial charge in [0.15, 0.2) is 0 Å². The van der Waals surface area contributed by atoms with E-state index in [1.54, 1.807) is 30.3 Å². The highest BCUT2D eigenvalue weighted by molar-refractivity contribution is 8.00. The highest BCUT2D eigenvalue weighted by Crippen LogP contribution is 2.58. The smallest absolute Gasteiger partial charge is 0.282 e. The van der Waals surface area contributed by atoms with Crippen LogP contribution in [0.15, 0.2) is 71.6 Å². The van der Waals surface area contributed by atoms with E-state index in [4.69, 9.17) is 23.2 Å². The average Bonchev–Trinajstić information content (AvgIpc) is 3.15. The second-order valence-corrected chi connectivity index (χ2v) is 10.7. The van der Waals surface area contributed by atoms with Gasteiger partial charge in [-0.25, -0.2) is 0 Å². The van der Waals surface area contributed by atoms with Gasteiger partial charge in [-0.3, -0.25) is 20.2 Å². The summed E-state index contributed by atoms with van der Waals surface area (Å²) >= 11 is 14.6. The third-order valence-corrected chi connectivity index (χ3v) is 8.94. The number of alkyl halides is 1. The molecule has 0 aromatic heterocycles. The van der Waals surface area contributed by atoms with Gasteiger partial charge in [0, 0.05) is 40.1 Å². The maximum atomic E-state index is 11.5. The Morgan fingerprint density at radius 3 is 2.41 bits per heavy atom. The number of nitrogens with zero attached hydrogens (tertiary/aromatic N) is 2. The van der Waals surface area contributed by atoms with Crippen molar-refractivity contribution in [2.45, 2.75) is 33.9 Å². The lowest BCUT2D eigenvalue weighted by molar-refractivity contribution is -0.387. The Morgan fingerprint density at radius 1 is 0.971 bits per heavy atom. The maximum Gasteiger partial charge on any atom is 0.282 e. The summed E-state index contributed by atoms with van der Waals surface area (Å²) in [5, 5.41) is 26.7. The van der Waals surface area contributed by atoms with E-state index in [1.807, 2.05) is 24.3 Å². The molecule has 0 unspecified atom stereocenters. The number of benzene rings is 3. The summed E-state index contributed by atoms with van der Waals surface area (Å²) in [5.41, 5.74) is 2.74. The minimum Gasteiger partial charge on any atom is -0.378 e. The summed E-state index contributed by atoms with van der Waals surface area (Å²) in [5.74, 6) is -0.114. The number of halogens is 2. The van der Waals surface area contributed by atoms with Crippen LogP contribution < -0.4 is 5.32 Å². The lowest BCUT2D eigenvalue weighted by atomic mass is 9.77. The second-order valence-electron chi connectivity index (χ2n) is 8.45. The summed E-state index contributed by atoms with van der Waals surface area (Å²) in [7, 11) is 0. The first kappa shape index (κ1) is 23.0. The number of nitrogens with one attached hydrogen (secondary N) is 1. The van der Waals surface area contributed by atoms with Gasteiger partial charge in [0.25, 0.3) is 11.4 Å². The number of hydrogen-bond acceptors (Lipinski definition) is 6. The van der Waals surface area contributed by atoms with Crippen molar-refractivity contribution in [1.82, 2.24) is 0 Å². The molecule has 1 saturated carbocycles. The molecule has 174 valence electrons. The fourth-order valence-electron chi connectivity index (χ4n) is 5.09. The van der Waals surface area contributed by atoms with E-state index in [1.165, 1.54) is 23.9 Å². The zero-order chi connectivity index (χ0) is 24.0. The average molecular weight is 516 g/mol. The van der Waals surface area contributed by atoms with Crippen LogP contribution >= 0.6 is 35.0 Å².